The van der Waals surface area contributed by atoms with Gasteiger partial charge in [0, 0.05) is 16.1 Å². The highest BCUT2D eigenvalue weighted by Crippen LogP contribution is 2.30. The fourth-order valence-corrected chi connectivity index (χ4v) is 3.38. The molecule has 0 atom stereocenters. The van der Waals surface area contributed by atoms with Gasteiger partial charge in [0.25, 0.3) is 0 Å². The summed E-state index contributed by atoms with van der Waals surface area (Å²) >= 11 is 12.0. The van der Waals surface area contributed by atoms with Gasteiger partial charge in [0.05, 0.1) is 25.9 Å². The minimum absolute atomic E-state index is 0.245. The molecule has 0 aliphatic carbocycles. The molecule has 0 bridgehead atoms. The number of nitrogens with zero attached hydrogens (tertiary/aromatic N) is 1. The Hall–Kier alpha value is -3.72. The highest BCUT2D eigenvalue weighted by Gasteiger charge is 2.10. The van der Waals surface area contributed by atoms with Gasteiger partial charge in [0.1, 0.15) is 5.75 Å². The van der Waals surface area contributed by atoms with Crippen LogP contribution in [-0.4, -0.2) is 20.2 Å². The molecular formula is C26H19Cl2NO4. The number of benzene rings is 3. The molecule has 0 aliphatic rings. The second-order valence-electron chi connectivity index (χ2n) is 6.73. The largest absolute Gasteiger partial charge is 0.497 e. The van der Waals surface area contributed by atoms with Crippen molar-refractivity contribution in [3.05, 3.63) is 93.5 Å². The second-order valence-corrected chi connectivity index (χ2v) is 7.57. The van der Waals surface area contributed by atoms with Crippen LogP contribution in [0.4, 0.5) is 0 Å². The standard InChI is InChI=1S/C26H19Cl2NO4/c1-31-22-9-5-18(6-10-22)20(16-29)13-17-3-11-24(25(14-17)32-2)33-26(30)12-7-19-4-8-21(27)15-23(19)28/h3-15H,1-2H3/b12-7+,20-13-. The Labute approximate surface area is 202 Å². The van der Waals surface area contributed by atoms with Crippen molar-refractivity contribution in [2.75, 3.05) is 14.2 Å². The maximum absolute atomic E-state index is 12.3. The van der Waals surface area contributed by atoms with E-state index in [9.17, 15) is 10.1 Å². The van der Waals surface area contributed by atoms with Gasteiger partial charge in [0.2, 0.25) is 0 Å². The van der Waals surface area contributed by atoms with E-state index in [0.29, 0.717) is 38.2 Å². The van der Waals surface area contributed by atoms with Crippen LogP contribution in [0.25, 0.3) is 17.7 Å². The molecule has 0 amide bonds. The molecule has 0 fully saturated rings. The normalized spacial score (nSPS) is 11.2. The summed E-state index contributed by atoms with van der Waals surface area (Å²) in [7, 11) is 3.05. The smallest absolute Gasteiger partial charge is 0.336 e. The summed E-state index contributed by atoms with van der Waals surface area (Å²) in [6.07, 6.45) is 4.52. The summed E-state index contributed by atoms with van der Waals surface area (Å²) in [5, 5.41) is 10.5. The first kappa shape index (κ1) is 23.9. The molecule has 5 nitrogen and oxygen atoms in total. The van der Waals surface area contributed by atoms with Crippen LogP contribution in [0.3, 0.4) is 0 Å². The van der Waals surface area contributed by atoms with Crippen molar-refractivity contribution in [1.29, 1.82) is 5.26 Å². The molecule has 3 rings (SSSR count). The molecule has 3 aromatic rings. The average Bonchev–Trinajstić information content (AvgIpc) is 2.82. The first-order valence-electron chi connectivity index (χ1n) is 9.72. The molecule has 0 heterocycles. The van der Waals surface area contributed by atoms with Crippen molar-refractivity contribution >= 4 is 46.9 Å². The number of halogens is 2. The first-order valence-corrected chi connectivity index (χ1v) is 10.5. The lowest BCUT2D eigenvalue weighted by Gasteiger charge is -2.09. The Morgan fingerprint density at radius 3 is 2.33 bits per heavy atom. The van der Waals surface area contributed by atoms with Crippen LogP contribution in [-0.2, 0) is 4.79 Å². The van der Waals surface area contributed by atoms with Crippen LogP contribution >= 0.6 is 23.2 Å². The van der Waals surface area contributed by atoms with Crippen LogP contribution in [0.2, 0.25) is 10.0 Å². The van der Waals surface area contributed by atoms with Gasteiger partial charge >= 0.3 is 5.97 Å². The van der Waals surface area contributed by atoms with E-state index in [2.05, 4.69) is 6.07 Å². The van der Waals surface area contributed by atoms with Crippen molar-refractivity contribution in [3.8, 4) is 23.3 Å². The molecule has 0 N–H and O–H groups in total. The van der Waals surface area contributed by atoms with Gasteiger partial charge < -0.3 is 14.2 Å². The maximum atomic E-state index is 12.3. The predicted octanol–water partition coefficient (Wildman–Crippen LogP) is 6.69. The van der Waals surface area contributed by atoms with E-state index in [1.165, 1.54) is 13.2 Å². The predicted molar refractivity (Wildman–Crippen MR) is 131 cm³/mol. The molecule has 3 aromatic carbocycles. The summed E-state index contributed by atoms with van der Waals surface area (Å²) < 4.78 is 15.9. The molecule has 7 heteroatoms. The lowest BCUT2D eigenvalue weighted by Crippen LogP contribution is -2.05. The van der Waals surface area contributed by atoms with Gasteiger partial charge in [-0.15, -0.1) is 0 Å². The van der Waals surface area contributed by atoms with E-state index >= 15 is 0 Å². The lowest BCUT2D eigenvalue weighted by molar-refractivity contribution is -0.129. The summed E-state index contributed by atoms with van der Waals surface area (Å²) in [5.74, 6) is 0.700. The summed E-state index contributed by atoms with van der Waals surface area (Å²) in [5.41, 5.74) is 2.56. The highest BCUT2D eigenvalue weighted by atomic mass is 35.5. The van der Waals surface area contributed by atoms with Crippen molar-refractivity contribution < 1.29 is 19.0 Å². The molecule has 0 unspecified atom stereocenters. The van der Waals surface area contributed by atoms with Gasteiger partial charge in [-0.3, -0.25) is 0 Å². The Morgan fingerprint density at radius 1 is 0.939 bits per heavy atom. The molecule has 166 valence electrons. The van der Waals surface area contributed by atoms with Crippen LogP contribution in [0.1, 0.15) is 16.7 Å². The molecule has 0 saturated heterocycles. The van der Waals surface area contributed by atoms with Gasteiger partial charge in [-0.1, -0.05) is 35.3 Å². The molecule has 0 radical (unpaired) electrons. The highest BCUT2D eigenvalue weighted by molar-refractivity contribution is 6.35. The zero-order valence-electron chi connectivity index (χ0n) is 17.8. The number of nitriles is 1. The summed E-state index contributed by atoms with van der Waals surface area (Å²) in [6.45, 7) is 0. The molecule has 0 spiro atoms. The van der Waals surface area contributed by atoms with Crippen molar-refractivity contribution in [2.45, 2.75) is 0 Å². The van der Waals surface area contributed by atoms with Crippen LogP contribution < -0.4 is 14.2 Å². The number of carbonyl (C=O) groups excluding carboxylic acids is 1. The Balaban J connectivity index is 1.78. The molecule has 0 aliphatic heterocycles. The molecule has 33 heavy (non-hydrogen) atoms. The topological polar surface area (TPSA) is 68.5 Å². The number of hydrogen-bond donors (Lipinski definition) is 0. The Kier molecular flexibility index (Phi) is 8.15. The third-order valence-corrected chi connectivity index (χ3v) is 5.15. The van der Waals surface area contributed by atoms with Gasteiger partial charge in [-0.05, 0) is 77.4 Å². The lowest BCUT2D eigenvalue weighted by atomic mass is 10.0. The zero-order valence-corrected chi connectivity index (χ0v) is 19.4. The molecule has 0 saturated carbocycles. The van der Waals surface area contributed by atoms with E-state index in [4.69, 9.17) is 37.4 Å². The van der Waals surface area contributed by atoms with Crippen LogP contribution in [0, 0.1) is 11.3 Å². The van der Waals surface area contributed by atoms with Crippen molar-refractivity contribution in [2.24, 2.45) is 0 Å². The zero-order chi connectivity index (χ0) is 23.8. The number of methoxy groups -OCH3 is 2. The minimum Gasteiger partial charge on any atom is -0.497 e. The van der Waals surface area contributed by atoms with Gasteiger partial charge in [-0.2, -0.15) is 5.26 Å². The monoisotopic (exact) mass is 479 g/mol. The number of carbonyl (C=O) groups is 1. The fraction of sp³-hybridized carbons (Fsp3) is 0.0769. The van der Waals surface area contributed by atoms with E-state index in [0.717, 1.165) is 5.56 Å². The minimum atomic E-state index is -0.599. The fourth-order valence-electron chi connectivity index (χ4n) is 2.91. The molecule has 0 aromatic heterocycles. The van der Waals surface area contributed by atoms with E-state index < -0.39 is 5.97 Å². The van der Waals surface area contributed by atoms with E-state index in [1.54, 1.807) is 79.9 Å². The maximum Gasteiger partial charge on any atom is 0.336 e. The second kappa shape index (κ2) is 11.2. The van der Waals surface area contributed by atoms with Gasteiger partial charge in [-0.25, -0.2) is 4.79 Å². The van der Waals surface area contributed by atoms with Crippen molar-refractivity contribution in [3.63, 3.8) is 0 Å². The van der Waals surface area contributed by atoms with Gasteiger partial charge in [0.15, 0.2) is 11.5 Å². The SMILES string of the molecule is COc1ccc(/C(C#N)=C\c2ccc(OC(=O)/C=C/c3ccc(Cl)cc3Cl)c(OC)c2)cc1. The van der Waals surface area contributed by atoms with Crippen LogP contribution in [0.15, 0.2) is 66.7 Å². The van der Waals surface area contributed by atoms with Crippen molar-refractivity contribution in [1.82, 2.24) is 0 Å². The third-order valence-electron chi connectivity index (χ3n) is 4.59. The summed E-state index contributed by atoms with van der Waals surface area (Å²) in [4.78, 5) is 12.3. The summed E-state index contributed by atoms with van der Waals surface area (Å²) in [6, 6.07) is 19.4. The number of rotatable bonds is 7. The quantitative estimate of drug-likeness (QED) is 0.124. The van der Waals surface area contributed by atoms with E-state index in [1.807, 2.05) is 0 Å². The van der Waals surface area contributed by atoms with Crippen LogP contribution in [0.5, 0.6) is 17.2 Å². The average molecular weight is 480 g/mol. The number of esters is 1. The van der Waals surface area contributed by atoms with E-state index in [-0.39, 0.29) is 5.75 Å². The number of hydrogen-bond acceptors (Lipinski definition) is 5. The molecular weight excluding hydrogens is 461 g/mol. The third kappa shape index (κ3) is 6.39. The Morgan fingerprint density at radius 2 is 1.70 bits per heavy atom. The first-order chi connectivity index (χ1) is 15.9. The number of allylic oxidation sites excluding steroid dienone is 1. The Bertz CT molecular complexity index is 1260. The number of ether oxygens (including phenoxy) is 3.